The molecule has 3 atom stereocenters. The molecule has 3 amide bonds. The first-order valence-electron chi connectivity index (χ1n) is 11.0. The lowest BCUT2D eigenvalue weighted by molar-refractivity contribution is -0.156. The molecule has 0 spiro atoms. The summed E-state index contributed by atoms with van der Waals surface area (Å²) in [6.45, 7) is 1.76. The van der Waals surface area contributed by atoms with Crippen LogP contribution in [0.25, 0.3) is 0 Å². The molecule has 4 rings (SSSR count). The zero-order valence-corrected chi connectivity index (χ0v) is 18.6. The first-order valence-corrected chi connectivity index (χ1v) is 11.4. The average Bonchev–Trinajstić information content (AvgIpc) is 3.07. The second-order valence-corrected chi connectivity index (χ2v) is 8.68. The molecule has 2 aromatic rings. The topological polar surface area (TPSA) is 74.8 Å². The number of hydrazine groups is 1. The number of Topliss-reactive ketones (excluding diaryl/α,β-unsaturated/α-hetero) is 1. The van der Waals surface area contributed by atoms with E-state index in [0.717, 1.165) is 22.9 Å². The Bertz CT molecular complexity index is 1030. The molecule has 166 valence electrons. The van der Waals surface area contributed by atoms with Gasteiger partial charge in [-0.3, -0.25) is 19.2 Å². The summed E-state index contributed by atoms with van der Waals surface area (Å²) >= 11 is 6.29. The average molecular weight is 453 g/mol. The number of nitrogens with zero attached hydrogens (tertiary/aromatic N) is 2. The van der Waals surface area contributed by atoms with Gasteiger partial charge >= 0.3 is 0 Å². The minimum Gasteiger partial charge on any atom is -0.292 e. The minimum atomic E-state index is -1.02. The number of amides is 3. The number of rotatable bonds is 6. The molecule has 0 radical (unpaired) electrons. The summed E-state index contributed by atoms with van der Waals surface area (Å²) in [4.78, 5) is 53.9. The van der Waals surface area contributed by atoms with Crippen LogP contribution in [0.1, 0.15) is 59.7 Å². The van der Waals surface area contributed by atoms with Crippen LogP contribution < -0.4 is 0 Å². The van der Waals surface area contributed by atoms with E-state index in [0.29, 0.717) is 18.4 Å². The maximum absolute atomic E-state index is 13.7. The van der Waals surface area contributed by atoms with E-state index in [1.54, 1.807) is 55.5 Å². The summed E-state index contributed by atoms with van der Waals surface area (Å²) in [5.74, 6) is -2.65. The van der Waals surface area contributed by atoms with E-state index in [9.17, 15) is 19.2 Å². The number of benzene rings is 2. The van der Waals surface area contributed by atoms with Gasteiger partial charge in [0.1, 0.15) is 6.04 Å². The first-order chi connectivity index (χ1) is 15.5. The highest BCUT2D eigenvalue weighted by molar-refractivity contribution is 6.34. The Hall–Kier alpha value is -2.99. The zero-order chi connectivity index (χ0) is 22.8. The van der Waals surface area contributed by atoms with E-state index in [-0.39, 0.29) is 22.8 Å². The number of hydrogen-bond donors (Lipinski definition) is 0. The Morgan fingerprint density at radius 3 is 2.09 bits per heavy atom. The highest BCUT2D eigenvalue weighted by atomic mass is 35.5. The minimum absolute atomic E-state index is 0.143. The van der Waals surface area contributed by atoms with E-state index >= 15 is 0 Å². The number of halogens is 1. The molecule has 1 aliphatic heterocycles. The van der Waals surface area contributed by atoms with Gasteiger partial charge in [-0.05, 0) is 31.4 Å². The molecular formula is C25H25ClN2O4. The maximum Gasteiger partial charge on any atom is 0.275 e. The highest BCUT2D eigenvalue weighted by Gasteiger charge is 2.53. The van der Waals surface area contributed by atoms with Gasteiger partial charge in [0.05, 0.1) is 22.4 Å². The van der Waals surface area contributed by atoms with Crippen molar-refractivity contribution in [2.24, 2.45) is 11.8 Å². The fourth-order valence-electron chi connectivity index (χ4n) is 4.75. The summed E-state index contributed by atoms with van der Waals surface area (Å²) in [5.41, 5.74) is 0.553. The van der Waals surface area contributed by atoms with Crippen LogP contribution in [0, 0.1) is 11.8 Å². The van der Waals surface area contributed by atoms with Crippen LogP contribution in [0.2, 0.25) is 5.02 Å². The molecule has 2 fully saturated rings. The summed E-state index contributed by atoms with van der Waals surface area (Å²) in [6.07, 6.45) is 3.20. The van der Waals surface area contributed by atoms with Gasteiger partial charge in [0.15, 0.2) is 5.78 Å². The van der Waals surface area contributed by atoms with Crippen LogP contribution in [0.4, 0.5) is 0 Å². The van der Waals surface area contributed by atoms with Crippen molar-refractivity contribution in [1.82, 2.24) is 10.0 Å². The van der Waals surface area contributed by atoms with Gasteiger partial charge in [0.25, 0.3) is 17.7 Å². The molecule has 0 N–H and O–H groups in total. The van der Waals surface area contributed by atoms with E-state index in [1.807, 2.05) is 0 Å². The van der Waals surface area contributed by atoms with Gasteiger partial charge in [0, 0.05) is 5.56 Å². The summed E-state index contributed by atoms with van der Waals surface area (Å²) in [5, 5.41) is 2.21. The summed E-state index contributed by atoms with van der Waals surface area (Å²) in [7, 11) is 0. The smallest absolute Gasteiger partial charge is 0.275 e. The SMILES string of the molecule is CC[C@H](C(=O)c1ccccc1)N(C(=O)c1ccccc1Cl)N1C(=O)[C@H]2CCCC[C@@H]2C1=O. The molecule has 1 saturated carbocycles. The molecule has 0 bridgehead atoms. The lowest BCUT2D eigenvalue weighted by Crippen LogP contribution is -2.57. The Balaban J connectivity index is 1.80. The summed E-state index contributed by atoms with van der Waals surface area (Å²) in [6, 6.07) is 14.0. The maximum atomic E-state index is 13.7. The third kappa shape index (κ3) is 3.84. The van der Waals surface area contributed by atoms with Crippen molar-refractivity contribution in [2.45, 2.75) is 45.1 Å². The highest BCUT2D eigenvalue weighted by Crippen LogP contribution is 2.40. The van der Waals surface area contributed by atoms with Crippen LogP contribution in [0.5, 0.6) is 0 Å². The van der Waals surface area contributed by atoms with Crippen molar-refractivity contribution < 1.29 is 19.2 Å². The molecular weight excluding hydrogens is 428 g/mol. The Morgan fingerprint density at radius 2 is 1.53 bits per heavy atom. The van der Waals surface area contributed by atoms with Crippen LogP contribution in [0.15, 0.2) is 54.6 Å². The molecule has 1 saturated heterocycles. The lowest BCUT2D eigenvalue weighted by atomic mass is 9.81. The van der Waals surface area contributed by atoms with Gasteiger partial charge in [-0.15, -0.1) is 0 Å². The standard InChI is InChI=1S/C25H25ClN2O4/c1-2-21(22(29)16-10-4-3-5-11-16)27(25(32)19-14-8-9-15-20(19)26)28-23(30)17-12-6-7-13-18(17)24(28)31/h3-5,8-11,14-15,17-18,21H,2,6-7,12-13H2,1H3/t17-,18-,21+/m0/s1. The fourth-order valence-corrected chi connectivity index (χ4v) is 4.97. The molecule has 0 unspecified atom stereocenters. The molecule has 2 aliphatic rings. The van der Waals surface area contributed by atoms with Crippen molar-refractivity contribution in [3.63, 3.8) is 0 Å². The van der Waals surface area contributed by atoms with Gasteiger partial charge in [-0.25, -0.2) is 5.01 Å². The van der Waals surface area contributed by atoms with Gasteiger partial charge in [-0.1, -0.05) is 73.8 Å². The summed E-state index contributed by atoms with van der Waals surface area (Å²) < 4.78 is 0. The third-order valence-electron chi connectivity index (χ3n) is 6.39. The normalized spacial score (nSPS) is 21.2. The predicted molar refractivity (Wildman–Crippen MR) is 120 cm³/mol. The monoisotopic (exact) mass is 452 g/mol. The second-order valence-electron chi connectivity index (χ2n) is 8.27. The number of imide groups is 1. The molecule has 7 heteroatoms. The lowest BCUT2D eigenvalue weighted by Gasteiger charge is -2.36. The molecule has 0 aromatic heterocycles. The van der Waals surface area contributed by atoms with Crippen LogP contribution in [0.3, 0.4) is 0 Å². The molecule has 2 aromatic carbocycles. The van der Waals surface area contributed by atoms with Crippen molar-refractivity contribution in [1.29, 1.82) is 0 Å². The van der Waals surface area contributed by atoms with E-state index in [1.165, 1.54) is 6.07 Å². The van der Waals surface area contributed by atoms with Crippen LogP contribution in [-0.4, -0.2) is 39.6 Å². The fraction of sp³-hybridized carbons (Fsp3) is 0.360. The Morgan fingerprint density at radius 1 is 0.969 bits per heavy atom. The Labute approximate surface area is 192 Å². The van der Waals surface area contributed by atoms with Crippen LogP contribution in [-0.2, 0) is 9.59 Å². The predicted octanol–water partition coefficient (Wildman–Crippen LogP) is 4.53. The van der Waals surface area contributed by atoms with E-state index < -0.39 is 35.6 Å². The van der Waals surface area contributed by atoms with Gasteiger partial charge in [-0.2, -0.15) is 5.01 Å². The number of carbonyl (C=O) groups is 4. The molecule has 1 heterocycles. The number of carbonyl (C=O) groups excluding carboxylic acids is 4. The van der Waals surface area contributed by atoms with Crippen molar-refractivity contribution in [3.8, 4) is 0 Å². The third-order valence-corrected chi connectivity index (χ3v) is 6.72. The Kier molecular flexibility index (Phi) is 6.42. The van der Waals surface area contributed by atoms with Gasteiger partial charge < -0.3 is 0 Å². The number of hydrogen-bond acceptors (Lipinski definition) is 4. The zero-order valence-electron chi connectivity index (χ0n) is 17.9. The largest absolute Gasteiger partial charge is 0.292 e. The van der Waals surface area contributed by atoms with Crippen LogP contribution >= 0.6 is 11.6 Å². The molecule has 32 heavy (non-hydrogen) atoms. The van der Waals surface area contributed by atoms with E-state index in [2.05, 4.69) is 0 Å². The van der Waals surface area contributed by atoms with E-state index in [4.69, 9.17) is 11.6 Å². The molecule has 1 aliphatic carbocycles. The number of fused-ring (bicyclic) bond motifs is 1. The molecule has 6 nitrogen and oxygen atoms in total. The number of ketones is 1. The van der Waals surface area contributed by atoms with Crippen molar-refractivity contribution >= 4 is 35.1 Å². The second kappa shape index (κ2) is 9.25. The van der Waals surface area contributed by atoms with Crippen molar-refractivity contribution in [3.05, 3.63) is 70.7 Å². The van der Waals surface area contributed by atoms with Gasteiger partial charge in [0.2, 0.25) is 0 Å². The quantitative estimate of drug-likeness (QED) is 0.476. The first kappa shape index (κ1) is 22.2. The van der Waals surface area contributed by atoms with Crippen molar-refractivity contribution in [2.75, 3.05) is 0 Å².